The molecule has 0 radical (unpaired) electrons. The van der Waals surface area contributed by atoms with E-state index in [-0.39, 0.29) is 6.04 Å². The predicted molar refractivity (Wildman–Crippen MR) is 67.4 cm³/mol. The van der Waals surface area contributed by atoms with E-state index in [1.165, 1.54) is 31.4 Å². The lowest BCUT2D eigenvalue weighted by atomic mass is 9.99. The van der Waals surface area contributed by atoms with Crippen molar-refractivity contribution in [3.63, 3.8) is 0 Å². The van der Waals surface area contributed by atoms with E-state index in [9.17, 15) is 0 Å². The van der Waals surface area contributed by atoms with Crippen LogP contribution in [0.4, 0.5) is 0 Å². The Balaban J connectivity index is 1.86. The van der Waals surface area contributed by atoms with Gasteiger partial charge in [-0.15, -0.1) is 0 Å². The first-order valence-corrected chi connectivity index (χ1v) is 6.65. The van der Waals surface area contributed by atoms with E-state index in [0.717, 1.165) is 12.0 Å². The van der Waals surface area contributed by atoms with Crippen molar-refractivity contribution in [1.29, 1.82) is 0 Å². The third-order valence-electron chi connectivity index (χ3n) is 4.37. The molecule has 2 bridgehead atoms. The van der Waals surface area contributed by atoms with E-state index < -0.39 is 0 Å². The summed E-state index contributed by atoms with van der Waals surface area (Å²) in [5.74, 6) is 0.915. The molecule has 4 atom stereocenters. The maximum atomic E-state index is 6.21. The van der Waals surface area contributed by atoms with Crippen molar-refractivity contribution in [2.45, 2.75) is 44.3 Å². The number of fused-ring (bicyclic) bond motifs is 2. The average molecular weight is 234 g/mol. The zero-order chi connectivity index (χ0) is 12.0. The summed E-state index contributed by atoms with van der Waals surface area (Å²) in [6.45, 7) is 3.34. The van der Waals surface area contributed by atoms with Crippen LogP contribution in [0, 0.1) is 5.92 Å². The van der Waals surface area contributed by atoms with E-state index in [0.29, 0.717) is 6.04 Å². The van der Waals surface area contributed by atoms with Crippen molar-refractivity contribution >= 4 is 0 Å². The second kappa shape index (κ2) is 4.10. The summed E-state index contributed by atoms with van der Waals surface area (Å²) in [7, 11) is 1.97. The monoisotopic (exact) mass is 234 g/mol. The first kappa shape index (κ1) is 11.2. The van der Waals surface area contributed by atoms with Crippen LogP contribution in [0.1, 0.15) is 37.8 Å². The highest BCUT2D eigenvalue weighted by atomic mass is 15.3. The number of hydrogen-bond acceptors (Lipinski definition) is 3. The lowest BCUT2D eigenvalue weighted by Gasteiger charge is -2.36. The molecule has 2 N–H and O–H groups in total. The zero-order valence-corrected chi connectivity index (χ0v) is 10.7. The Bertz CT molecular complexity index is 398. The van der Waals surface area contributed by atoms with Crippen molar-refractivity contribution < 1.29 is 0 Å². The molecule has 1 aliphatic carbocycles. The van der Waals surface area contributed by atoms with Gasteiger partial charge in [-0.3, -0.25) is 9.58 Å². The van der Waals surface area contributed by atoms with Crippen molar-refractivity contribution in [2.75, 3.05) is 6.54 Å². The van der Waals surface area contributed by atoms with E-state index >= 15 is 0 Å². The van der Waals surface area contributed by atoms with Crippen LogP contribution >= 0.6 is 0 Å². The minimum absolute atomic E-state index is 0.165. The van der Waals surface area contributed by atoms with Crippen molar-refractivity contribution in [3.8, 4) is 0 Å². The van der Waals surface area contributed by atoms with Gasteiger partial charge in [0, 0.05) is 37.4 Å². The molecule has 4 nitrogen and oxygen atoms in total. The van der Waals surface area contributed by atoms with Crippen LogP contribution < -0.4 is 5.73 Å². The molecule has 17 heavy (non-hydrogen) atoms. The van der Waals surface area contributed by atoms with Gasteiger partial charge in [0.2, 0.25) is 0 Å². The molecule has 0 spiro atoms. The van der Waals surface area contributed by atoms with Gasteiger partial charge in [-0.2, -0.15) is 5.10 Å². The van der Waals surface area contributed by atoms with E-state index in [4.69, 9.17) is 5.73 Å². The zero-order valence-electron chi connectivity index (χ0n) is 10.7. The fraction of sp³-hybridized carbons (Fsp3) is 0.769. The van der Waals surface area contributed by atoms with E-state index in [2.05, 4.69) is 23.1 Å². The van der Waals surface area contributed by atoms with Gasteiger partial charge >= 0.3 is 0 Å². The lowest BCUT2D eigenvalue weighted by Crippen LogP contribution is -2.43. The van der Waals surface area contributed by atoms with Crippen LogP contribution in [0.25, 0.3) is 0 Å². The Kier molecular flexibility index (Phi) is 2.71. The molecule has 1 saturated heterocycles. The van der Waals surface area contributed by atoms with Crippen LogP contribution in [-0.4, -0.2) is 33.3 Å². The summed E-state index contributed by atoms with van der Waals surface area (Å²) in [6.07, 6.45) is 8.23. The SMILES string of the molecule is CC(N)C(c1cnn(C)c1)N1CC2CCC1C2. The first-order chi connectivity index (χ1) is 8.15. The predicted octanol–water partition coefficient (Wildman–Crippen LogP) is 1.29. The molecule has 0 amide bonds. The van der Waals surface area contributed by atoms with Gasteiger partial charge < -0.3 is 5.73 Å². The molecular formula is C13H22N4. The summed E-state index contributed by atoms with van der Waals surface area (Å²) in [5, 5.41) is 4.29. The number of piperidine rings is 1. The fourth-order valence-corrected chi connectivity index (χ4v) is 3.69. The lowest BCUT2D eigenvalue weighted by molar-refractivity contribution is 0.133. The molecule has 1 aromatic heterocycles. The summed E-state index contributed by atoms with van der Waals surface area (Å²) >= 11 is 0. The molecule has 1 aromatic rings. The van der Waals surface area contributed by atoms with Crippen LogP contribution in [-0.2, 0) is 7.05 Å². The van der Waals surface area contributed by atoms with Crippen molar-refractivity contribution in [3.05, 3.63) is 18.0 Å². The minimum Gasteiger partial charge on any atom is -0.326 e. The number of rotatable bonds is 3. The highest BCUT2D eigenvalue weighted by molar-refractivity contribution is 5.15. The number of nitrogens with zero attached hydrogens (tertiary/aromatic N) is 3. The molecule has 3 rings (SSSR count). The van der Waals surface area contributed by atoms with Gasteiger partial charge in [-0.05, 0) is 32.1 Å². The molecule has 94 valence electrons. The second-order valence-electron chi connectivity index (χ2n) is 5.78. The molecule has 2 fully saturated rings. The molecule has 1 saturated carbocycles. The molecule has 4 heteroatoms. The Morgan fingerprint density at radius 3 is 2.76 bits per heavy atom. The third kappa shape index (κ3) is 1.89. The maximum Gasteiger partial charge on any atom is 0.0538 e. The molecule has 0 aromatic carbocycles. The molecular weight excluding hydrogens is 212 g/mol. The summed E-state index contributed by atoms with van der Waals surface area (Å²) in [4.78, 5) is 2.62. The van der Waals surface area contributed by atoms with Gasteiger partial charge in [0.25, 0.3) is 0 Å². The second-order valence-corrected chi connectivity index (χ2v) is 5.78. The minimum atomic E-state index is 0.165. The van der Waals surface area contributed by atoms with Gasteiger partial charge in [0.15, 0.2) is 0 Å². The molecule has 1 aliphatic heterocycles. The van der Waals surface area contributed by atoms with Gasteiger partial charge in [-0.1, -0.05) is 0 Å². The van der Waals surface area contributed by atoms with E-state index in [1.807, 2.05) is 17.9 Å². The van der Waals surface area contributed by atoms with Crippen molar-refractivity contribution in [2.24, 2.45) is 18.7 Å². The van der Waals surface area contributed by atoms with Crippen molar-refractivity contribution in [1.82, 2.24) is 14.7 Å². The molecule has 4 unspecified atom stereocenters. The van der Waals surface area contributed by atoms with Crippen LogP contribution in [0.3, 0.4) is 0 Å². The number of aryl methyl sites for hydroxylation is 1. The van der Waals surface area contributed by atoms with Gasteiger partial charge in [0.1, 0.15) is 0 Å². The quantitative estimate of drug-likeness (QED) is 0.857. The summed E-state index contributed by atoms with van der Waals surface area (Å²) < 4.78 is 1.87. The molecule has 2 aliphatic rings. The van der Waals surface area contributed by atoms with Crippen LogP contribution in [0.2, 0.25) is 0 Å². The highest BCUT2D eigenvalue weighted by Crippen LogP contribution is 2.42. The number of likely N-dealkylation sites (tertiary alicyclic amines) is 1. The number of aromatic nitrogens is 2. The van der Waals surface area contributed by atoms with Gasteiger partial charge in [-0.25, -0.2) is 0 Å². The standard InChI is InChI=1S/C13H22N4/c1-9(14)13(11-6-15-16(2)8-11)17-7-10-3-4-12(17)5-10/h6,8-10,12-13H,3-5,7,14H2,1-2H3. The van der Waals surface area contributed by atoms with E-state index in [1.54, 1.807) is 0 Å². The topological polar surface area (TPSA) is 47.1 Å². The summed E-state index contributed by atoms with van der Waals surface area (Å²) in [5.41, 5.74) is 7.48. The highest BCUT2D eigenvalue weighted by Gasteiger charge is 2.42. The van der Waals surface area contributed by atoms with Gasteiger partial charge in [0.05, 0.1) is 12.2 Å². The Morgan fingerprint density at radius 2 is 2.29 bits per heavy atom. The first-order valence-electron chi connectivity index (χ1n) is 6.65. The largest absolute Gasteiger partial charge is 0.326 e. The summed E-state index contributed by atoms with van der Waals surface area (Å²) in [6, 6.07) is 1.27. The normalized spacial score (nSPS) is 31.9. The van der Waals surface area contributed by atoms with Crippen LogP contribution in [0.15, 0.2) is 12.4 Å². The average Bonchev–Trinajstić information content (AvgIpc) is 2.94. The third-order valence-corrected chi connectivity index (χ3v) is 4.37. The molecule has 2 heterocycles. The maximum absolute atomic E-state index is 6.21. The number of nitrogens with two attached hydrogens (primary N) is 1. The Labute approximate surface area is 103 Å². The van der Waals surface area contributed by atoms with Crippen LogP contribution in [0.5, 0.6) is 0 Å². The fourth-order valence-electron chi connectivity index (χ4n) is 3.69. The number of hydrogen-bond donors (Lipinski definition) is 1. The smallest absolute Gasteiger partial charge is 0.0538 e. The Morgan fingerprint density at radius 1 is 1.47 bits per heavy atom. The Hall–Kier alpha value is -0.870.